The van der Waals surface area contributed by atoms with E-state index in [1.807, 2.05) is 32.0 Å². The molecule has 2 aromatic heterocycles. The highest BCUT2D eigenvalue weighted by Crippen LogP contribution is 2.21. The first-order valence-corrected chi connectivity index (χ1v) is 7.17. The third-order valence-corrected chi connectivity index (χ3v) is 3.16. The van der Waals surface area contributed by atoms with Gasteiger partial charge in [0.25, 0.3) is 0 Å². The lowest BCUT2D eigenvalue weighted by Crippen LogP contribution is -2.34. The average Bonchev–Trinajstić information content (AvgIpc) is 2.92. The standard InChI is InChI=1S/C15H17N7O/c1-9(2)20-15(23)21-10-4-3-5-11(6-10)22-14-12(7-19-22)13(16)17-8-18-14/h3-9H,1-2H3,(H2,16,17,18)(H2,20,21,23). The van der Waals surface area contributed by atoms with Crippen LogP contribution in [0, 0.1) is 0 Å². The van der Waals surface area contributed by atoms with Gasteiger partial charge in [-0.15, -0.1) is 0 Å². The van der Waals surface area contributed by atoms with E-state index in [1.165, 1.54) is 6.33 Å². The number of aromatic nitrogens is 4. The summed E-state index contributed by atoms with van der Waals surface area (Å²) in [5.74, 6) is 0.381. The Morgan fingerprint density at radius 3 is 2.91 bits per heavy atom. The zero-order valence-electron chi connectivity index (χ0n) is 12.8. The number of nitrogens with zero attached hydrogens (tertiary/aromatic N) is 4. The minimum atomic E-state index is -0.256. The topological polar surface area (TPSA) is 111 Å². The number of hydrogen-bond acceptors (Lipinski definition) is 5. The maximum Gasteiger partial charge on any atom is 0.319 e. The molecule has 2 amide bonds. The van der Waals surface area contributed by atoms with Crippen molar-refractivity contribution in [2.45, 2.75) is 19.9 Å². The van der Waals surface area contributed by atoms with Gasteiger partial charge in [-0.25, -0.2) is 19.4 Å². The van der Waals surface area contributed by atoms with Gasteiger partial charge in [-0.2, -0.15) is 5.10 Å². The molecule has 118 valence electrons. The molecule has 0 radical (unpaired) electrons. The number of nitrogen functional groups attached to an aromatic ring is 1. The van der Waals surface area contributed by atoms with Crippen LogP contribution in [0.4, 0.5) is 16.3 Å². The Hall–Kier alpha value is -3.16. The van der Waals surface area contributed by atoms with Gasteiger partial charge in [0.15, 0.2) is 5.65 Å². The molecule has 0 atom stereocenters. The molecule has 0 spiro atoms. The van der Waals surface area contributed by atoms with Gasteiger partial charge < -0.3 is 16.4 Å². The summed E-state index contributed by atoms with van der Waals surface area (Å²) in [6, 6.07) is 7.12. The molecule has 4 N–H and O–H groups in total. The highest BCUT2D eigenvalue weighted by atomic mass is 16.2. The normalized spacial score (nSPS) is 10.9. The summed E-state index contributed by atoms with van der Waals surface area (Å²) in [4.78, 5) is 20.0. The van der Waals surface area contributed by atoms with Crippen LogP contribution in [-0.4, -0.2) is 31.8 Å². The number of benzene rings is 1. The zero-order valence-corrected chi connectivity index (χ0v) is 12.8. The monoisotopic (exact) mass is 311 g/mol. The predicted octanol–water partition coefficient (Wildman–Crippen LogP) is 1.93. The highest BCUT2D eigenvalue weighted by molar-refractivity contribution is 5.90. The summed E-state index contributed by atoms with van der Waals surface area (Å²) in [5.41, 5.74) is 7.86. The molecule has 8 nitrogen and oxygen atoms in total. The van der Waals surface area contributed by atoms with Crippen LogP contribution in [0.25, 0.3) is 16.7 Å². The third-order valence-electron chi connectivity index (χ3n) is 3.16. The fraction of sp³-hybridized carbons (Fsp3) is 0.200. The molecular formula is C15H17N7O. The molecule has 2 heterocycles. The predicted molar refractivity (Wildman–Crippen MR) is 88.4 cm³/mol. The SMILES string of the molecule is CC(C)NC(=O)Nc1cccc(-n2ncc3c(N)ncnc32)c1. The quantitative estimate of drug-likeness (QED) is 0.684. The Bertz CT molecular complexity index is 856. The van der Waals surface area contributed by atoms with Gasteiger partial charge in [0, 0.05) is 11.7 Å². The Morgan fingerprint density at radius 1 is 1.30 bits per heavy atom. The van der Waals surface area contributed by atoms with Crippen LogP contribution in [0.5, 0.6) is 0 Å². The van der Waals surface area contributed by atoms with E-state index < -0.39 is 0 Å². The van der Waals surface area contributed by atoms with Crippen molar-refractivity contribution in [2.24, 2.45) is 0 Å². The molecule has 8 heteroatoms. The molecule has 0 aliphatic carbocycles. The summed E-state index contributed by atoms with van der Waals surface area (Å²) in [7, 11) is 0. The molecule has 0 aliphatic heterocycles. The van der Waals surface area contributed by atoms with Crippen molar-refractivity contribution in [1.29, 1.82) is 0 Å². The summed E-state index contributed by atoms with van der Waals surface area (Å²) >= 11 is 0. The second kappa shape index (κ2) is 5.91. The van der Waals surface area contributed by atoms with Crippen molar-refractivity contribution in [2.75, 3.05) is 11.1 Å². The Labute approximate surface area is 132 Å². The van der Waals surface area contributed by atoms with E-state index >= 15 is 0 Å². The molecule has 0 unspecified atom stereocenters. The van der Waals surface area contributed by atoms with E-state index in [1.54, 1.807) is 16.9 Å². The largest absolute Gasteiger partial charge is 0.383 e. The van der Waals surface area contributed by atoms with Gasteiger partial charge in [0.05, 0.1) is 17.3 Å². The minimum absolute atomic E-state index is 0.0629. The van der Waals surface area contributed by atoms with Gasteiger partial charge in [0.2, 0.25) is 0 Å². The molecule has 0 fully saturated rings. The number of nitrogens with two attached hydrogens (primary N) is 1. The fourth-order valence-corrected chi connectivity index (χ4v) is 2.20. The molecular weight excluding hydrogens is 294 g/mol. The fourth-order valence-electron chi connectivity index (χ4n) is 2.20. The van der Waals surface area contributed by atoms with Crippen LogP contribution < -0.4 is 16.4 Å². The number of urea groups is 1. The van der Waals surface area contributed by atoms with Gasteiger partial charge in [-0.05, 0) is 32.0 Å². The van der Waals surface area contributed by atoms with Crippen LogP contribution >= 0.6 is 0 Å². The lowest BCUT2D eigenvalue weighted by Gasteiger charge is -2.11. The van der Waals surface area contributed by atoms with Crippen molar-refractivity contribution in [3.05, 3.63) is 36.8 Å². The van der Waals surface area contributed by atoms with Crippen molar-refractivity contribution in [1.82, 2.24) is 25.1 Å². The van der Waals surface area contributed by atoms with Gasteiger partial charge in [0.1, 0.15) is 12.1 Å². The van der Waals surface area contributed by atoms with E-state index in [4.69, 9.17) is 5.73 Å². The first-order chi connectivity index (χ1) is 11.0. The summed E-state index contributed by atoms with van der Waals surface area (Å²) in [6.45, 7) is 3.80. The van der Waals surface area contributed by atoms with Crippen LogP contribution in [-0.2, 0) is 0 Å². The number of anilines is 2. The molecule has 0 bridgehead atoms. The van der Waals surface area contributed by atoms with E-state index in [0.717, 1.165) is 5.69 Å². The van der Waals surface area contributed by atoms with Crippen molar-refractivity contribution in [3.8, 4) is 5.69 Å². The van der Waals surface area contributed by atoms with Gasteiger partial charge in [-0.1, -0.05) is 6.07 Å². The van der Waals surface area contributed by atoms with Crippen LogP contribution in [0.3, 0.4) is 0 Å². The summed E-state index contributed by atoms with van der Waals surface area (Å²) < 4.78 is 1.65. The molecule has 1 aromatic carbocycles. The van der Waals surface area contributed by atoms with Crippen molar-refractivity contribution >= 4 is 28.6 Å². The second-order valence-electron chi connectivity index (χ2n) is 5.36. The Kier molecular flexibility index (Phi) is 3.80. The number of amides is 2. The molecule has 3 rings (SSSR count). The number of hydrogen-bond donors (Lipinski definition) is 3. The Balaban J connectivity index is 1.93. The Morgan fingerprint density at radius 2 is 2.13 bits per heavy atom. The average molecular weight is 311 g/mol. The lowest BCUT2D eigenvalue weighted by molar-refractivity contribution is 0.250. The molecule has 0 saturated heterocycles. The summed E-state index contributed by atoms with van der Waals surface area (Å²) in [6.07, 6.45) is 3.02. The van der Waals surface area contributed by atoms with Crippen molar-refractivity contribution < 1.29 is 4.79 Å². The minimum Gasteiger partial charge on any atom is -0.383 e. The maximum absolute atomic E-state index is 11.8. The molecule has 3 aromatic rings. The smallest absolute Gasteiger partial charge is 0.319 e. The number of rotatable bonds is 3. The number of carbonyl (C=O) groups is 1. The van der Waals surface area contributed by atoms with E-state index in [9.17, 15) is 4.79 Å². The molecule has 0 saturated carbocycles. The number of carbonyl (C=O) groups excluding carboxylic acids is 1. The van der Waals surface area contributed by atoms with Gasteiger partial charge in [-0.3, -0.25) is 0 Å². The summed E-state index contributed by atoms with van der Waals surface area (Å²) in [5, 5.41) is 10.5. The van der Waals surface area contributed by atoms with Crippen LogP contribution in [0.2, 0.25) is 0 Å². The molecule has 0 aliphatic rings. The lowest BCUT2D eigenvalue weighted by atomic mass is 10.2. The first-order valence-electron chi connectivity index (χ1n) is 7.17. The zero-order chi connectivity index (χ0) is 16.4. The van der Waals surface area contributed by atoms with Crippen LogP contribution in [0.1, 0.15) is 13.8 Å². The third kappa shape index (κ3) is 3.05. The molecule has 23 heavy (non-hydrogen) atoms. The first kappa shape index (κ1) is 14.8. The van der Waals surface area contributed by atoms with E-state index in [-0.39, 0.29) is 12.1 Å². The maximum atomic E-state index is 11.8. The van der Waals surface area contributed by atoms with E-state index in [2.05, 4.69) is 25.7 Å². The highest BCUT2D eigenvalue weighted by Gasteiger charge is 2.10. The number of fused-ring (bicyclic) bond motifs is 1. The number of nitrogens with one attached hydrogen (secondary N) is 2. The van der Waals surface area contributed by atoms with Gasteiger partial charge >= 0.3 is 6.03 Å². The second-order valence-corrected chi connectivity index (χ2v) is 5.36. The van der Waals surface area contributed by atoms with Crippen LogP contribution in [0.15, 0.2) is 36.8 Å². The van der Waals surface area contributed by atoms with E-state index in [0.29, 0.717) is 22.5 Å². The van der Waals surface area contributed by atoms with Crippen molar-refractivity contribution in [3.63, 3.8) is 0 Å².